The second-order valence-corrected chi connectivity index (χ2v) is 6.07. The minimum Gasteiger partial charge on any atom is -0.395 e. The molecule has 26 heavy (non-hydrogen) atoms. The number of aromatic nitrogens is 4. The molecular weight excluding hydrogens is 352 g/mol. The van der Waals surface area contributed by atoms with Crippen molar-refractivity contribution in [1.82, 2.24) is 19.1 Å². The first-order valence-corrected chi connectivity index (χ1v) is 8.38. The van der Waals surface area contributed by atoms with Gasteiger partial charge in [-0.05, 0) is 38.0 Å². The summed E-state index contributed by atoms with van der Waals surface area (Å²) in [5.41, 5.74) is 2.77. The van der Waals surface area contributed by atoms with Crippen LogP contribution in [0, 0.1) is 25.7 Å². The molecule has 132 valence electrons. The molecule has 3 heterocycles. The van der Waals surface area contributed by atoms with Gasteiger partial charge in [0, 0.05) is 30.6 Å². The van der Waals surface area contributed by atoms with Crippen LogP contribution in [-0.4, -0.2) is 30.8 Å². The first kappa shape index (κ1) is 17.9. The summed E-state index contributed by atoms with van der Waals surface area (Å²) in [6.07, 6.45) is 3.27. The largest absolute Gasteiger partial charge is 0.395 e. The number of aliphatic hydroxyl groups excluding tert-OH is 1. The molecule has 7 heteroatoms. The monoisotopic (exact) mass is 368 g/mol. The maximum absolute atomic E-state index is 12.1. The molecule has 0 saturated heterocycles. The van der Waals surface area contributed by atoms with Crippen molar-refractivity contribution in [3.05, 3.63) is 74.9 Å². The minimum absolute atomic E-state index is 0.0822. The van der Waals surface area contributed by atoms with Crippen LogP contribution in [0.15, 0.2) is 41.5 Å². The number of hydrogen-bond acceptors (Lipinski definition) is 4. The SMILES string of the molecule is Cc1nc(C#Cc2ccnc(Cl)c2)c(C)n1-c1ccn(CCO)c(=O)c1. The standard InChI is InChI=1S/C19H17ClN4O2/c1-13-17(4-3-15-5-7-21-18(20)11-15)22-14(2)24(13)16-6-8-23(9-10-25)19(26)12-16/h5-8,11-12,25H,9-10H2,1-2H3. The molecule has 3 rings (SSSR count). The topological polar surface area (TPSA) is 72.9 Å². The zero-order chi connectivity index (χ0) is 18.7. The van der Waals surface area contributed by atoms with Gasteiger partial charge in [0.2, 0.25) is 0 Å². The van der Waals surface area contributed by atoms with E-state index in [1.807, 2.05) is 24.5 Å². The zero-order valence-corrected chi connectivity index (χ0v) is 15.2. The number of rotatable bonds is 3. The third-order valence-electron chi connectivity index (χ3n) is 3.91. The fourth-order valence-electron chi connectivity index (χ4n) is 2.68. The summed E-state index contributed by atoms with van der Waals surface area (Å²) >= 11 is 5.87. The van der Waals surface area contributed by atoms with Crippen molar-refractivity contribution in [2.75, 3.05) is 6.61 Å². The van der Waals surface area contributed by atoms with E-state index in [0.29, 0.717) is 16.5 Å². The average molecular weight is 369 g/mol. The summed E-state index contributed by atoms with van der Waals surface area (Å²) in [7, 11) is 0. The van der Waals surface area contributed by atoms with Gasteiger partial charge in [0.15, 0.2) is 0 Å². The maximum atomic E-state index is 12.1. The number of aryl methyl sites for hydroxylation is 1. The molecule has 0 saturated carbocycles. The van der Waals surface area contributed by atoms with E-state index < -0.39 is 0 Å². The van der Waals surface area contributed by atoms with Crippen LogP contribution in [-0.2, 0) is 6.54 Å². The number of aliphatic hydroxyl groups is 1. The highest BCUT2D eigenvalue weighted by Crippen LogP contribution is 2.16. The molecule has 0 aromatic carbocycles. The van der Waals surface area contributed by atoms with Crippen LogP contribution in [0.2, 0.25) is 5.15 Å². The van der Waals surface area contributed by atoms with Crippen LogP contribution in [0.3, 0.4) is 0 Å². The number of nitrogens with zero attached hydrogens (tertiary/aromatic N) is 4. The van der Waals surface area contributed by atoms with Crippen LogP contribution < -0.4 is 5.56 Å². The molecule has 1 N–H and O–H groups in total. The van der Waals surface area contributed by atoms with E-state index in [-0.39, 0.29) is 18.7 Å². The average Bonchev–Trinajstić information content (AvgIpc) is 2.89. The molecule has 0 aliphatic carbocycles. The highest BCUT2D eigenvalue weighted by Gasteiger charge is 2.12. The van der Waals surface area contributed by atoms with Crippen molar-refractivity contribution in [2.45, 2.75) is 20.4 Å². The Hall–Kier alpha value is -2.88. The summed E-state index contributed by atoms with van der Waals surface area (Å²) in [6.45, 7) is 3.96. The lowest BCUT2D eigenvalue weighted by molar-refractivity contribution is 0.274. The fourth-order valence-corrected chi connectivity index (χ4v) is 2.85. The smallest absolute Gasteiger partial charge is 0.252 e. The summed E-state index contributed by atoms with van der Waals surface area (Å²) in [6, 6.07) is 6.81. The van der Waals surface area contributed by atoms with E-state index in [9.17, 15) is 4.79 Å². The maximum Gasteiger partial charge on any atom is 0.252 e. The summed E-state index contributed by atoms with van der Waals surface area (Å²) in [5, 5.41) is 9.38. The van der Waals surface area contributed by atoms with Gasteiger partial charge in [0.25, 0.3) is 5.56 Å². The van der Waals surface area contributed by atoms with Crippen molar-refractivity contribution >= 4 is 11.6 Å². The van der Waals surface area contributed by atoms with Crippen LogP contribution in [0.1, 0.15) is 22.8 Å². The number of halogens is 1. The van der Waals surface area contributed by atoms with E-state index in [2.05, 4.69) is 21.8 Å². The van der Waals surface area contributed by atoms with Gasteiger partial charge < -0.3 is 9.67 Å². The van der Waals surface area contributed by atoms with Crippen LogP contribution in [0.25, 0.3) is 5.69 Å². The molecule has 0 amide bonds. The Labute approximate surface area is 155 Å². The third kappa shape index (κ3) is 3.69. The molecule has 0 unspecified atom stereocenters. The second kappa shape index (κ2) is 7.56. The Morgan fingerprint density at radius 1 is 1.23 bits per heavy atom. The third-order valence-corrected chi connectivity index (χ3v) is 4.11. The van der Waals surface area contributed by atoms with E-state index >= 15 is 0 Å². The number of pyridine rings is 2. The van der Waals surface area contributed by atoms with Gasteiger partial charge in [0.1, 0.15) is 16.7 Å². The predicted molar refractivity (Wildman–Crippen MR) is 99.6 cm³/mol. The zero-order valence-electron chi connectivity index (χ0n) is 14.4. The van der Waals surface area contributed by atoms with Crippen molar-refractivity contribution in [3.8, 4) is 17.5 Å². The van der Waals surface area contributed by atoms with Gasteiger partial charge in [-0.25, -0.2) is 9.97 Å². The number of hydrogen-bond donors (Lipinski definition) is 1. The Morgan fingerprint density at radius 3 is 2.73 bits per heavy atom. The van der Waals surface area contributed by atoms with E-state index in [4.69, 9.17) is 16.7 Å². The molecule has 3 aromatic rings. The van der Waals surface area contributed by atoms with Gasteiger partial charge in [-0.1, -0.05) is 17.5 Å². The Morgan fingerprint density at radius 2 is 2.04 bits per heavy atom. The number of imidazole rings is 1. The molecule has 0 atom stereocenters. The Bertz CT molecular complexity index is 1070. The molecule has 0 fully saturated rings. The minimum atomic E-state index is -0.178. The van der Waals surface area contributed by atoms with Gasteiger partial charge in [-0.2, -0.15) is 0 Å². The summed E-state index contributed by atoms with van der Waals surface area (Å²) in [4.78, 5) is 20.6. The summed E-state index contributed by atoms with van der Waals surface area (Å²) in [5.74, 6) is 6.81. The quantitative estimate of drug-likeness (QED) is 0.567. The molecule has 6 nitrogen and oxygen atoms in total. The first-order chi connectivity index (χ1) is 12.5. The molecule has 3 aromatic heterocycles. The van der Waals surface area contributed by atoms with Crippen molar-refractivity contribution in [2.24, 2.45) is 0 Å². The van der Waals surface area contributed by atoms with Gasteiger partial charge >= 0.3 is 0 Å². The van der Waals surface area contributed by atoms with Crippen LogP contribution >= 0.6 is 11.6 Å². The molecular formula is C19H17ClN4O2. The molecule has 0 aliphatic rings. The van der Waals surface area contributed by atoms with Gasteiger partial charge in [-0.3, -0.25) is 9.36 Å². The normalized spacial score (nSPS) is 10.5. The lowest BCUT2D eigenvalue weighted by atomic mass is 10.2. The first-order valence-electron chi connectivity index (χ1n) is 8.01. The van der Waals surface area contributed by atoms with Gasteiger partial charge in [-0.15, -0.1) is 0 Å². The highest BCUT2D eigenvalue weighted by atomic mass is 35.5. The van der Waals surface area contributed by atoms with Crippen LogP contribution in [0.5, 0.6) is 0 Å². The van der Waals surface area contributed by atoms with Crippen molar-refractivity contribution in [3.63, 3.8) is 0 Å². The summed E-state index contributed by atoms with van der Waals surface area (Å²) < 4.78 is 3.34. The Kier molecular flexibility index (Phi) is 5.21. The second-order valence-electron chi connectivity index (χ2n) is 5.69. The Balaban J connectivity index is 1.99. The van der Waals surface area contributed by atoms with Crippen molar-refractivity contribution in [1.29, 1.82) is 0 Å². The predicted octanol–water partition coefficient (Wildman–Crippen LogP) is 2.09. The molecule has 0 radical (unpaired) electrons. The molecule has 0 spiro atoms. The van der Waals surface area contributed by atoms with E-state index in [0.717, 1.165) is 17.1 Å². The highest BCUT2D eigenvalue weighted by molar-refractivity contribution is 6.29. The lowest BCUT2D eigenvalue weighted by Crippen LogP contribution is -2.21. The van der Waals surface area contributed by atoms with Crippen molar-refractivity contribution < 1.29 is 5.11 Å². The molecule has 0 aliphatic heterocycles. The van der Waals surface area contributed by atoms with E-state index in [1.165, 1.54) is 10.6 Å². The fraction of sp³-hybridized carbons (Fsp3) is 0.211. The van der Waals surface area contributed by atoms with Gasteiger partial charge in [0.05, 0.1) is 18.0 Å². The van der Waals surface area contributed by atoms with Crippen LogP contribution in [0.4, 0.5) is 0 Å². The lowest BCUT2D eigenvalue weighted by Gasteiger charge is -2.09. The molecule has 0 bridgehead atoms. The van der Waals surface area contributed by atoms with E-state index in [1.54, 1.807) is 24.5 Å².